The zero-order valence-electron chi connectivity index (χ0n) is 8.28. The van der Waals surface area contributed by atoms with Gasteiger partial charge in [-0.15, -0.1) is 0 Å². The van der Waals surface area contributed by atoms with Gasteiger partial charge in [0.25, 0.3) is 5.56 Å². The Morgan fingerprint density at radius 1 is 1.60 bits per heavy atom. The molecule has 2 rings (SSSR count). The molecule has 5 nitrogen and oxygen atoms in total. The molecule has 80 valence electrons. The molecule has 6 heteroatoms. The molecule has 0 fully saturated rings. The average molecular weight is 272 g/mol. The third-order valence-electron chi connectivity index (χ3n) is 2.12. The lowest BCUT2D eigenvalue weighted by Gasteiger charge is -1.97. The largest absolute Gasteiger partial charge is 0.493 e. The SMILES string of the molecule is CC(C)c1nn2c(O)cc(=O)[nH]c2c1Br. The van der Waals surface area contributed by atoms with Crippen LogP contribution in [-0.4, -0.2) is 19.7 Å². The van der Waals surface area contributed by atoms with Crippen molar-refractivity contribution in [2.45, 2.75) is 19.8 Å². The number of hydrogen-bond donors (Lipinski definition) is 2. The molecule has 0 atom stereocenters. The monoisotopic (exact) mass is 271 g/mol. The van der Waals surface area contributed by atoms with Gasteiger partial charge in [-0.3, -0.25) is 4.79 Å². The second-order valence-corrected chi connectivity index (χ2v) is 4.40. The minimum absolute atomic E-state index is 0.165. The summed E-state index contributed by atoms with van der Waals surface area (Å²) in [6.07, 6.45) is 0. The van der Waals surface area contributed by atoms with E-state index in [0.717, 1.165) is 11.8 Å². The van der Waals surface area contributed by atoms with Gasteiger partial charge in [0.1, 0.15) is 0 Å². The fourth-order valence-corrected chi connectivity index (χ4v) is 2.19. The summed E-state index contributed by atoms with van der Waals surface area (Å²) in [5, 5.41) is 13.7. The van der Waals surface area contributed by atoms with Gasteiger partial charge >= 0.3 is 0 Å². The van der Waals surface area contributed by atoms with Crippen molar-refractivity contribution in [1.82, 2.24) is 14.6 Å². The first kappa shape index (κ1) is 10.2. The van der Waals surface area contributed by atoms with Crippen LogP contribution in [0.5, 0.6) is 5.88 Å². The van der Waals surface area contributed by atoms with Crippen molar-refractivity contribution in [2.24, 2.45) is 0 Å². The molecule has 0 aliphatic carbocycles. The van der Waals surface area contributed by atoms with E-state index in [1.807, 2.05) is 13.8 Å². The van der Waals surface area contributed by atoms with Crippen LogP contribution in [0.25, 0.3) is 5.65 Å². The van der Waals surface area contributed by atoms with Gasteiger partial charge in [0.2, 0.25) is 5.88 Å². The van der Waals surface area contributed by atoms with E-state index in [9.17, 15) is 9.90 Å². The lowest BCUT2D eigenvalue weighted by atomic mass is 10.1. The molecule has 0 aliphatic heterocycles. The molecule has 0 bridgehead atoms. The number of aromatic amines is 1. The molecule has 2 aromatic heterocycles. The Morgan fingerprint density at radius 2 is 2.27 bits per heavy atom. The summed E-state index contributed by atoms with van der Waals surface area (Å²) in [7, 11) is 0. The van der Waals surface area contributed by atoms with Gasteiger partial charge in [-0.2, -0.15) is 9.61 Å². The standard InChI is InChI=1S/C9H10BrN3O2/c1-4(2)8-7(10)9-11-5(14)3-6(15)13(9)12-8/h3-4,15H,1-2H3,(H,11,14). The molecule has 0 spiro atoms. The van der Waals surface area contributed by atoms with Gasteiger partial charge in [-0.05, 0) is 21.8 Å². The highest BCUT2D eigenvalue weighted by Gasteiger charge is 2.15. The Balaban J connectivity index is 2.88. The zero-order chi connectivity index (χ0) is 11.2. The van der Waals surface area contributed by atoms with Gasteiger partial charge in [-0.25, -0.2) is 0 Å². The zero-order valence-corrected chi connectivity index (χ0v) is 9.87. The molecule has 2 aromatic rings. The Labute approximate surface area is 93.9 Å². The van der Waals surface area contributed by atoms with E-state index in [-0.39, 0.29) is 17.4 Å². The normalized spacial score (nSPS) is 11.5. The summed E-state index contributed by atoms with van der Waals surface area (Å²) in [6, 6.07) is 1.09. The molecule has 0 radical (unpaired) electrons. The maximum absolute atomic E-state index is 11.2. The molecule has 2 N–H and O–H groups in total. The Kier molecular flexibility index (Phi) is 2.30. The molecule has 15 heavy (non-hydrogen) atoms. The summed E-state index contributed by atoms with van der Waals surface area (Å²) < 4.78 is 2.02. The second-order valence-electron chi connectivity index (χ2n) is 3.61. The van der Waals surface area contributed by atoms with E-state index in [1.165, 1.54) is 4.52 Å². The van der Waals surface area contributed by atoms with Crippen molar-refractivity contribution in [3.05, 3.63) is 26.6 Å². The van der Waals surface area contributed by atoms with Crippen molar-refractivity contribution >= 4 is 21.6 Å². The highest BCUT2D eigenvalue weighted by molar-refractivity contribution is 9.10. The van der Waals surface area contributed by atoms with Gasteiger partial charge in [0.05, 0.1) is 16.2 Å². The topological polar surface area (TPSA) is 70.4 Å². The molecular weight excluding hydrogens is 262 g/mol. The molecule has 0 saturated carbocycles. The minimum atomic E-state index is -0.351. The molecular formula is C9H10BrN3O2. The first-order chi connectivity index (χ1) is 7.00. The molecule has 2 heterocycles. The molecule has 0 saturated heterocycles. The van der Waals surface area contributed by atoms with E-state index < -0.39 is 0 Å². The first-order valence-corrected chi connectivity index (χ1v) is 5.30. The molecule has 0 aromatic carbocycles. The lowest BCUT2D eigenvalue weighted by Crippen LogP contribution is -2.06. The predicted molar refractivity (Wildman–Crippen MR) is 59.3 cm³/mol. The number of aromatic nitrogens is 3. The third kappa shape index (κ3) is 1.54. The number of nitrogens with zero attached hydrogens (tertiary/aromatic N) is 2. The van der Waals surface area contributed by atoms with Gasteiger partial charge in [0.15, 0.2) is 5.65 Å². The highest BCUT2D eigenvalue weighted by atomic mass is 79.9. The average Bonchev–Trinajstić information content (AvgIpc) is 2.44. The number of halogens is 1. The van der Waals surface area contributed by atoms with Gasteiger partial charge in [0, 0.05) is 0 Å². The summed E-state index contributed by atoms with van der Waals surface area (Å²) >= 11 is 3.36. The quantitative estimate of drug-likeness (QED) is 0.828. The van der Waals surface area contributed by atoms with E-state index in [4.69, 9.17) is 0 Å². The summed E-state index contributed by atoms with van der Waals surface area (Å²) in [6.45, 7) is 3.98. The summed E-state index contributed by atoms with van der Waals surface area (Å²) in [5.74, 6) is 0.0449. The third-order valence-corrected chi connectivity index (χ3v) is 2.90. The van der Waals surface area contributed by atoms with Crippen LogP contribution >= 0.6 is 15.9 Å². The van der Waals surface area contributed by atoms with E-state index in [1.54, 1.807) is 0 Å². The van der Waals surface area contributed by atoms with Crippen LogP contribution < -0.4 is 5.56 Å². The van der Waals surface area contributed by atoms with E-state index in [2.05, 4.69) is 26.0 Å². The number of hydrogen-bond acceptors (Lipinski definition) is 3. The minimum Gasteiger partial charge on any atom is -0.493 e. The van der Waals surface area contributed by atoms with Gasteiger partial charge < -0.3 is 10.1 Å². The van der Waals surface area contributed by atoms with Crippen LogP contribution in [0.2, 0.25) is 0 Å². The molecule has 0 unspecified atom stereocenters. The summed E-state index contributed by atoms with van der Waals surface area (Å²) in [4.78, 5) is 13.8. The lowest BCUT2D eigenvalue weighted by molar-refractivity contribution is 0.433. The van der Waals surface area contributed by atoms with E-state index in [0.29, 0.717) is 10.1 Å². The molecule has 0 amide bonds. The number of H-pyrrole nitrogens is 1. The van der Waals surface area contributed by atoms with Crippen molar-refractivity contribution in [3.63, 3.8) is 0 Å². The van der Waals surface area contributed by atoms with Crippen molar-refractivity contribution < 1.29 is 5.11 Å². The summed E-state index contributed by atoms with van der Waals surface area (Å²) in [5.41, 5.74) is 0.923. The van der Waals surface area contributed by atoms with Crippen LogP contribution in [0.4, 0.5) is 0 Å². The van der Waals surface area contributed by atoms with Crippen LogP contribution in [0.15, 0.2) is 15.3 Å². The number of rotatable bonds is 1. The van der Waals surface area contributed by atoms with Gasteiger partial charge in [-0.1, -0.05) is 13.8 Å². The number of nitrogens with one attached hydrogen (secondary N) is 1. The Morgan fingerprint density at radius 3 is 2.87 bits per heavy atom. The Bertz CT molecular complexity index is 570. The predicted octanol–water partition coefficient (Wildman–Crippen LogP) is 1.61. The van der Waals surface area contributed by atoms with E-state index >= 15 is 0 Å². The number of fused-ring (bicyclic) bond motifs is 1. The maximum atomic E-state index is 11.2. The fraction of sp³-hybridized carbons (Fsp3) is 0.333. The smallest absolute Gasteiger partial charge is 0.254 e. The Hall–Kier alpha value is -1.30. The van der Waals surface area contributed by atoms with Crippen molar-refractivity contribution in [1.29, 1.82) is 0 Å². The number of aromatic hydroxyl groups is 1. The van der Waals surface area contributed by atoms with Crippen LogP contribution in [0.1, 0.15) is 25.5 Å². The van der Waals surface area contributed by atoms with Crippen LogP contribution in [0, 0.1) is 0 Å². The fourth-order valence-electron chi connectivity index (χ4n) is 1.39. The van der Waals surface area contributed by atoms with Crippen molar-refractivity contribution in [3.8, 4) is 5.88 Å². The second kappa shape index (κ2) is 3.37. The van der Waals surface area contributed by atoms with Crippen LogP contribution in [0.3, 0.4) is 0 Å². The van der Waals surface area contributed by atoms with Crippen molar-refractivity contribution in [2.75, 3.05) is 0 Å². The maximum Gasteiger partial charge on any atom is 0.254 e. The first-order valence-electron chi connectivity index (χ1n) is 4.51. The van der Waals surface area contributed by atoms with Crippen LogP contribution in [-0.2, 0) is 0 Å². The molecule has 0 aliphatic rings. The highest BCUT2D eigenvalue weighted by Crippen LogP contribution is 2.27.